The minimum absolute atomic E-state index is 0.0789. The third kappa shape index (κ3) is 5.75. The molecule has 0 saturated carbocycles. The Hall–Kier alpha value is -0.940. The lowest BCUT2D eigenvalue weighted by Crippen LogP contribution is -2.40. The van der Waals surface area contributed by atoms with E-state index in [1.807, 2.05) is 6.92 Å². The van der Waals surface area contributed by atoms with Crippen molar-refractivity contribution in [1.29, 1.82) is 0 Å². The van der Waals surface area contributed by atoms with Crippen molar-refractivity contribution in [3.63, 3.8) is 0 Å². The topological polar surface area (TPSA) is 29.3 Å². The van der Waals surface area contributed by atoms with Crippen molar-refractivity contribution in [2.45, 2.75) is 51.9 Å². The molecule has 1 aromatic carbocycles. The molecule has 0 aliphatic rings. The van der Waals surface area contributed by atoms with Crippen LogP contribution in [0.3, 0.4) is 0 Å². The highest BCUT2D eigenvalue weighted by Crippen LogP contribution is 2.30. The van der Waals surface area contributed by atoms with Crippen LogP contribution in [-0.2, 0) is 6.42 Å². The monoisotopic (exact) mass is 322 g/mol. The van der Waals surface area contributed by atoms with Gasteiger partial charge in [-0.05, 0) is 44.4 Å². The summed E-state index contributed by atoms with van der Waals surface area (Å²) in [6.07, 6.45) is -2.97. The molecular formula is C15H22ClF3N2. The van der Waals surface area contributed by atoms with Crippen LogP contribution in [0.25, 0.3) is 0 Å². The number of rotatable bonds is 6. The van der Waals surface area contributed by atoms with Gasteiger partial charge in [0.2, 0.25) is 0 Å². The van der Waals surface area contributed by atoms with Gasteiger partial charge >= 0.3 is 6.18 Å². The quantitative estimate of drug-likeness (QED) is 0.841. The molecule has 0 spiro atoms. The first-order valence-corrected chi connectivity index (χ1v) is 7.39. The van der Waals surface area contributed by atoms with Gasteiger partial charge in [-0.15, -0.1) is 0 Å². The van der Waals surface area contributed by atoms with Gasteiger partial charge in [0.15, 0.2) is 0 Å². The van der Waals surface area contributed by atoms with E-state index in [1.165, 1.54) is 4.90 Å². The number of halogens is 4. The lowest BCUT2D eigenvalue weighted by atomic mass is 10.0. The van der Waals surface area contributed by atoms with Gasteiger partial charge in [-0.25, -0.2) is 0 Å². The SMILES string of the molecule is CCC(N)Cc1ccc(Cl)cc1N(CC(F)(F)F)C(C)C. The number of benzene rings is 1. The second kappa shape index (κ2) is 7.36. The number of alkyl halides is 3. The van der Waals surface area contributed by atoms with E-state index >= 15 is 0 Å². The zero-order valence-corrected chi connectivity index (χ0v) is 13.3. The van der Waals surface area contributed by atoms with E-state index in [4.69, 9.17) is 17.3 Å². The molecule has 0 aliphatic carbocycles. The molecule has 2 N–H and O–H groups in total. The zero-order valence-electron chi connectivity index (χ0n) is 12.5. The Kier molecular flexibility index (Phi) is 6.35. The molecule has 6 heteroatoms. The second-order valence-corrected chi connectivity index (χ2v) is 5.92. The number of hydrogen-bond donors (Lipinski definition) is 1. The summed E-state index contributed by atoms with van der Waals surface area (Å²) in [5.74, 6) is 0. The second-order valence-electron chi connectivity index (χ2n) is 5.48. The molecule has 0 aromatic heterocycles. The van der Waals surface area contributed by atoms with Gasteiger partial charge in [-0.1, -0.05) is 24.6 Å². The summed E-state index contributed by atoms with van der Waals surface area (Å²) in [4.78, 5) is 1.32. The Morgan fingerprint density at radius 1 is 1.29 bits per heavy atom. The molecule has 120 valence electrons. The summed E-state index contributed by atoms with van der Waals surface area (Å²) in [5, 5.41) is 0.423. The van der Waals surface area contributed by atoms with Gasteiger partial charge in [0.1, 0.15) is 6.54 Å². The fraction of sp³-hybridized carbons (Fsp3) is 0.600. The number of nitrogens with zero attached hydrogens (tertiary/aromatic N) is 1. The Labute approximate surface area is 129 Å². The first kappa shape index (κ1) is 18.1. The maximum absolute atomic E-state index is 12.8. The minimum Gasteiger partial charge on any atom is -0.360 e. The van der Waals surface area contributed by atoms with E-state index in [-0.39, 0.29) is 12.1 Å². The summed E-state index contributed by atoms with van der Waals surface area (Å²) in [6.45, 7) is 4.42. The van der Waals surface area contributed by atoms with Gasteiger partial charge in [0.05, 0.1) is 0 Å². The van der Waals surface area contributed by atoms with Crippen molar-refractivity contribution in [1.82, 2.24) is 0 Å². The average molecular weight is 323 g/mol. The molecular weight excluding hydrogens is 301 g/mol. The Morgan fingerprint density at radius 2 is 1.90 bits per heavy atom. The summed E-state index contributed by atoms with van der Waals surface area (Å²) < 4.78 is 38.4. The molecule has 1 atom stereocenters. The number of anilines is 1. The smallest absolute Gasteiger partial charge is 0.360 e. The standard InChI is InChI=1S/C15H22ClF3N2/c1-4-13(20)7-11-5-6-12(16)8-14(11)21(10(2)3)9-15(17,18)19/h5-6,8,10,13H,4,7,9,20H2,1-3H3. The molecule has 0 amide bonds. The fourth-order valence-electron chi connectivity index (χ4n) is 2.14. The third-order valence-corrected chi connectivity index (χ3v) is 3.57. The molecule has 2 nitrogen and oxygen atoms in total. The van der Waals surface area contributed by atoms with Crippen LogP contribution in [0.2, 0.25) is 5.02 Å². The predicted octanol–water partition coefficient (Wildman–Crippen LogP) is 4.40. The van der Waals surface area contributed by atoms with Crippen molar-refractivity contribution in [2.24, 2.45) is 5.73 Å². The average Bonchev–Trinajstić information content (AvgIpc) is 2.36. The molecule has 0 heterocycles. The van der Waals surface area contributed by atoms with Crippen LogP contribution in [0.15, 0.2) is 18.2 Å². The van der Waals surface area contributed by atoms with Crippen LogP contribution in [-0.4, -0.2) is 24.8 Å². The molecule has 1 aromatic rings. The molecule has 0 bridgehead atoms. The summed E-state index contributed by atoms with van der Waals surface area (Å²) in [5.41, 5.74) is 7.25. The molecule has 1 unspecified atom stereocenters. The Balaban J connectivity index is 3.19. The first-order chi connectivity index (χ1) is 9.64. The van der Waals surface area contributed by atoms with E-state index < -0.39 is 12.7 Å². The minimum atomic E-state index is -4.27. The molecule has 0 radical (unpaired) electrons. The summed E-state index contributed by atoms with van der Waals surface area (Å²) >= 11 is 5.97. The largest absolute Gasteiger partial charge is 0.405 e. The molecule has 0 aliphatic heterocycles. The summed E-state index contributed by atoms with van der Waals surface area (Å²) in [6, 6.07) is 4.67. The van der Waals surface area contributed by atoms with Gasteiger partial charge in [-0.3, -0.25) is 0 Å². The highest BCUT2D eigenvalue weighted by Gasteiger charge is 2.33. The van der Waals surface area contributed by atoms with E-state index in [1.54, 1.807) is 32.0 Å². The fourth-order valence-corrected chi connectivity index (χ4v) is 2.31. The predicted molar refractivity (Wildman–Crippen MR) is 82.0 cm³/mol. The van der Waals surface area contributed by atoms with Crippen LogP contribution >= 0.6 is 11.6 Å². The van der Waals surface area contributed by atoms with E-state index in [0.29, 0.717) is 17.1 Å². The van der Waals surface area contributed by atoms with Gasteiger partial charge < -0.3 is 10.6 Å². The molecule has 0 saturated heterocycles. The number of hydrogen-bond acceptors (Lipinski definition) is 2. The van der Waals surface area contributed by atoms with Crippen LogP contribution in [0.4, 0.5) is 18.9 Å². The molecule has 0 fully saturated rings. The van der Waals surface area contributed by atoms with Gasteiger partial charge in [0.25, 0.3) is 0 Å². The van der Waals surface area contributed by atoms with Crippen LogP contribution in [0.5, 0.6) is 0 Å². The normalized spacial score (nSPS) is 13.6. The van der Waals surface area contributed by atoms with Crippen molar-refractivity contribution in [2.75, 3.05) is 11.4 Å². The van der Waals surface area contributed by atoms with Crippen molar-refractivity contribution in [3.8, 4) is 0 Å². The van der Waals surface area contributed by atoms with Crippen LogP contribution < -0.4 is 10.6 Å². The zero-order chi connectivity index (χ0) is 16.2. The number of nitrogens with two attached hydrogens (primary N) is 1. The summed E-state index contributed by atoms with van der Waals surface area (Å²) in [7, 11) is 0. The highest BCUT2D eigenvalue weighted by molar-refractivity contribution is 6.30. The van der Waals surface area contributed by atoms with Crippen molar-refractivity contribution < 1.29 is 13.2 Å². The maximum atomic E-state index is 12.8. The van der Waals surface area contributed by atoms with Crippen LogP contribution in [0.1, 0.15) is 32.8 Å². The lowest BCUT2D eigenvalue weighted by molar-refractivity contribution is -0.120. The molecule has 21 heavy (non-hydrogen) atoms. The van der Waals surface area contributed by atoms with Crippen molar-refractivity contribution in [3.05, 3.63) is 28.8 Å². The van der Waals surface area contributed by atoms with E-state index in [9.17, 15) is 13.2 Å². The first-order valence-electron chi connectivity index (χ1n) is 7.01. The Bertz CT molecular complexity index is 461. The highest BCUT2D eigenvalue weighted by atomic mass is 35.5. The third-order valence-electron chi connectivity index (χ3n) is 3.34. The lowest BCUT2D eigenvalue weighted by Gasteiger charge is -2.32. The maximum Gasteiger partial charge on any atom is 0.405 e. The van der Waals surface area contributed by atoms with Crippen LogP contribution in [0, 0.1) is 0 Å². The molecule has 1 rings (SSSR count). The van der Waals surface area contributed by atoms with Gasteiger partial charge in [-0.2, -0.15) is 13.2 Å². The van der Waals surface area contributed by atoms with E-state index in [2.05, 4.69) is 0 Å². The van der Waals surface area contributed by atoms with E-state index in [0.717, 1.165) is 12.0 Å². The van der Waals surface area contributed by atoms with Gasteiger partial charge in [0, 0.05) is 22.8 Å². The van der Waals surface area contributed by atoms with Crippen molar-refractivity contribution >= 4 is 17.3 Å². The Morgan fingerprint density at radius 3 is 2.38 bits per heavy atom.